The number of carbonyl (C=O) groups is 3. The smallest absolute Gasteiger partial charge is 0.250 e. The highest BCUT2D eigenvalue weighted by atomic mass is 16.5. The summed E-state index contributed by atoms with van der Waals surface area (Å²) in [5, 5.41) is 16.9. The average Bonchev–Trinajstić information content (AvgIpc) is 3.65. The zero-order valence-electron chi connectivity index (χ0n) is 25.6. The highest BCUT2D eigenvalue weighted by molar-refractivity contribution is 6.04. The fourth-order valence-electron chi connectivity index (χ4n) is 7.98. The summed E-state index contributed by atoms with van der Waals surface area (Å²) in [6.45, 7) is 5.85. The molecule has 3 saturated heterocycles. The van der Waals surface area contributed by atoms with Gasteiger partial charge in [0.2, 0.25) is 17.7 Å². The molecule has 0 aromatic heterocycles. The molecule has 3 fully saturated rings. The lowest BCUT2D eigenvalue weighted by atomic mass is 9.65. The predicted molar refractivity (Wildman–Crippen MR) is 168 cm³/mol. The number of amides is 3. The van der Waals surface area contributed by atoms with Crippen LogP contribution in [0.3, 0.4) is 0 Å². The number of anilines is 1. The number of benzene rings is 3. The third-order valence-electron chi connectivity index (χ3n) is 10.1. The number of hydrogen-bond acceptors (Lipinski definition) is 5. The van der Waals surface area contributed by atoms with Crippen molar-refractivity contribution in [2.75, 3.05) is 11.9 Å². The minimum Gasteiger partial charge on any atom is -0.394 e. The summed E-state index contributed by atoms with van der Waals surface area (Å²) in [4.78, 5) is 44.8. The van der Waals surface area contributed by atoms with Gasteiger partial charge < -0.3 is 25.4 Å². The number of nitrogens with zero attached hydrogens (tertiary/aromatic N) is 1. The first-order chi connectivity index (χ1) is 21.2. The fourth-order valence-corrected chi connectivity index (χ4v) is 7.98. The molecule has 3 aromatic rings. The Kier molecular flexibility index (Phi) is 8.07. The van der Waals surface area contributed by atoms with Gasteiger partial charge >= 0.3 is 0 Å². The Morgan fingerprint density at radius 3 is 2.18 bits per heavy atom. The van der Waals surface area contributed by atoms with E-state index in [-0.39, 0.29) is 24.3 Å². The van der Waals surface area contributed by atoms with Crippen molar-refractivity contribution in [1.29, 1.82) is 0 Å². The molecule has 3 heterocycles. The Bertz CT molecular complexity index is 1530. The van der Waals surface area contributed by atoms with Gasteiger partial charge in [0.1, 0.15) is 11.6 Å². The first kappa shape index (κ1) is 30.0. The Morgan fingerprint density at radius 2 is 1.57 bits per heavy atom. The summed E-state index contributed by atoms with van der Waals surface area (Å²) in [6, 6.07) is 23.4. The van der Waals surface area contributed by atoms with E-state index in [2.05, 4.69) is 10.6 Å². The van der Waals surface area contributed by atoms with E-state index in [0.717, 1.165) is 22.3 Å². The zero-order valence-corrected chi connectivity index (χ0v) is 25.6. The lowest BCUT2D eigenvalue weighted by Crippen LogP contribution is -2.57. The van der Waals surface area contributed by atoms with Gasteiger partial charge in [-0.15, -0.1) is 0 Å². The van der Waals surface area contributed by atoms with E-state index in [1.54, 1.807) is 4.90 Å². The molecule has 3 amide bonds. The van der Waals surface area contributed by atoms with Crippen LogP contribution in [0.5, 0.6) is 0 Å². The highest BCUT2D eigenvalue weighted by Gasteiger charge is 2.79. The quantitative estimate of drug-likeness (QED) is 0.324. The molecule has 230 valence electrons. The summed E-state index contributed by atoms with van der Waals surface area (Å²) in [5.74, 6) is -2.51. The molecule has 6 rings (SSSR count). The number of aliphatic hydroxyl groups excluding tert-OH is 1. The summed E-state index contributed by atoms with van der Waals surface area (Å²) in [7, 11) is 0. The average molecular weight is 596 g/mol. The minimum atomic E-state index is -1.19. The van der Waals surface area contributed by atoms with E-state index in [9.17, 15) is 19.5 Å². The van der Waals surface area contributed by atoms with Crippen LogP contribution in [0.25, 0.3) is 0 Å². The number of ether oxygens (including phenoxy) is 1. The van der Waals surface area contributed by atoms with E-state index in [0.29, 0.717) is 37.9 Å². The van der Waals surface area contributed by atoms with Crippen LogP contribution in [-0.4, -0.2) is 57.6 Å². The molecule has 0 saturated carbocycles. The molecule has 3 N–H and O–H groups in total. The normalized spacial score (nSPS) is 27.7. The minimum absolute atomic E-state index is 0.241. The number of hydrogen-bond donors (Lipinski definition) is 3. The summed E-state index contributed by atoms with van der Waals surface area (Å²) in [6.07, 6.45) is 1.95. The molecule has 0 aliphatic carbocycles. The molecule has 6 atom stereocenters. The highest BCUT2D eigenvalue weighted by Crippen LogP contribution is 2.64. The van der Waals surface area contributed by atoms with Crippen molar-refractivity contribution in [3.8, 4) is 0 Å². The molecule has 1 spiro atoms. The van der Waals surface area contributed by atoms with E-state index in [4.69, 9.17) is 4.74 Å². The summed E-state index contributed by atoms with van der Waals surface area (Å²) >= 11 is 0. The van der Waals surface area contributed by atoms with Gasteiger partial charge in [-0.2, -0.15) is 0 Å². The van der Waals surface area contributed by atoms with Crippen molar-refractivity contribution in [3.05, 3.63) is 101 Å². The van der Waals surface area contributed by atoms with Crippen molar-refractivity contribution in [3.63, 3.8) is 0 Å². The van der Waals surface area contributed by atoms with Crippen LogP contribution in [0, 0.1) is 25.7 Å². The topological polar surface area (TPSA) is 108 Å². The maximum absolute atomic E-state index is 14.7. The van der Waals surface area contributed by atoms with Crippen LogP contribution in [0.1, 0.15) is 48.4 Å². The van der Waals surface area contributed by atoms with Gasteiger partial charge in [-0.05, 0) is 61.8 Å². The Balaban J connectivity index is 1.40. The standard InChI is InChI=1S/C36H41N3O5/c1-4-35-18-19-36(44-35)29(28(35)32(41)37-21-26-16-9-6-10-17-26)34(43)39(27(22-40)20-25-14-7-5-8-15-25)31(36)33(42)38-30-23(2)12-11-13-24(30)3/h5-17,27-29,31,40H,4,18-22H2,1-3H3,(H,37,41)(H,38,42)/t27-,28+,29+,31?,35-,36?/m1/s1. The lowest BCUT2D eigenvalue weighted by molar-refractivity contribution is -0.149. The lowest BCUT2D eigenvalue weighted by Gasteiger charge is -2.37. The summed E-state index contributed by atoms with van der Waals surface area (Å²) in [5.41, 5.74) is 2.37. The zero-order chi connectivity index (χ0) is 31.1. The van der Waals surface area contributed by atoms with E-state index in [1.807, 2.05) is 99.6 Å². The number of aryl methyl sites for hydroxylation is 2. The van der Waals surface area contributed by atoms with E-state index in [1.165, 1.54) is 0 Å². The second-order valence-electron chi connectivity index (χ2n) is 12.6. The maximum atomic E-state index is 14.7. The molecule has 8 heteroatoms. The largest absolute Gasteiger partial charge is 0.394 e. The molecule has 0 radical (unpaired) electrons. The summed E-state index contributed by atoms with van der Waals surface area (Å²) < 4.78 is 6.92. The molecule has 3 aliphatic rings. The van der Waals surface area contributed by atoms with Crippen LogP contribution >= 0.6 is 0 Å². The SMILES string of the molecule is CC[C@]12CCC3(O1)C(C(=O)Nc1c(C)cccc1C)N([C@@H](CO)Cc1ccccc1)C(=O)[C@@H]3[C@H]2C(=O)NCc1ccccc1. The Labute approximate surface area is 258 Å². The molecule has 44 heavy (non-hydrogen) atoms. The van der Waals surface area contributed by atoms with Gasteiger partial charge in [0.05, 0.1) is 30.1 Å². The van der Waals surface area contributed by atoms with Crippen molar-refractivity contribution in [2.45, 2.75) is 76.3 Å². The van der Waals surface area contributed by atoms with E-state index >= 15 is 0 Å². The second kappa shape index (κ2) is 11.8. The number of nitrogens with one attached hydrogen (secondary N) is 2. The molecular formula is C36H41N3O5. The number of carbonyl (C=O) groups excluding carboxylic acids is 3. The monoisotopic (exact) mass is 595 g/mol. The van der Waals surface area contributed by atoms with Crippen molar-refractivity contribution >= 4 is 23.4 Å². The molecule has 2 unspecified atom stereocenters. The van der Waals surface area contributed by atoms with Crippen molar-refractivity contribution in [2.24, 2.45) is 11.8 Å². The molecule has 2 bridgehead atoms. The van der Waals surface area contributed by atoms with Gasteiger partial charge in [0.15, 0.2) is 0 Å². The maximum Gasteiger partial charge on any atom is 0.250 e. The second-order valence-corrected chi connectivity index (χ2v) is 12.6. The van der Waals surface area contributed by atoms with Gasteiger partial charge in [0, 0.05) is 12.2 Å². The Hall–Kier alpha value is -4.01. The molecule has 8 nitrogen and oxygen atoms in total. The fraction of sp³-hybridized carbons (Fsp3) is 0.417. The third kappa shape index (κ3) is 4.90. The predicted octanol–water partition coefficient (Wildman–Crippen LogP) is 4.32. The number of para-hydroxylation sites is 1. The number of aliphatic hydroxyl groups is 1. The van der Waals surface area contributed by atoms with Gasteiger partial charge in [-0.3, -0.25) is 14.4 Å². The Morgan fingerprint density at radius 1 is 0.932 bits per heavy atom. The van der Waals surface area contributed by atoms with Crippen LogP contribution < -0.4 is 10.6 Å². The van der Waals surface area contributed by atoms with Crippen LogP contribution in [0.15, 0.2) is 78.9 Å². The van der Waals surface area contributed by atoms with Crippen molar-refractivity contribution < 1.29 is 24.2 Å². The van der Waals surface area contributed by atoms with Gasteiger partial charge in [-0.25, -0.2) is 0 Å². The third-order valence-corrected chi connectivity index (χ3v) is 10.1. The first-order valence-electron chi connectivity index (χ1n) is 15.6. The number of rotatable bonds is 10. The first-order valence-corrected chi connectivity index (χ1v) is 15.6. The van der Waals surface area contributed by atoms with E-state index < -0.39 is 35.1 Å². The van der Waals surface area contributed by atoms with Crippen LogP contribution in [0.2, 0.25) is 0 Å². The number of likely N-dealkylation sites (tertiary alicyclic amines) is 1. The number of fused-ring (bicyclic) bond motifs is 1. The molecular weight excluding hydrogens is 554 g/mol. The van der Waals surface area contributed by atoms with Crippen LogP contribution in [-0.2, 0) is 32.1 Å². The van der Waals surface area contributed by atoms with Crippen molar-refractivity contribution in [1.82, 2.24) is 10.2 Å². The molecule has 3 aliphatic heterocycles. The van der Waals surface area contributed by atoms with Gasteiger partial charge in [0.25, 0.3) is 0 Å². The molecule has 3 aromatic carbocycles. The van der Waals surface area contributed by atoms with Gasteiger partial charge in [-0.1, -0.05) is 85.8 Å². The van der Waals surface area contributed by atoms with Crippen LogP contribution in [0.4, 0.5) is 5.69 Å².